The van der Waals surface area contributed by atoms with E-state index in [2.05, 4.69) is 31.1 Å². The van der Waals surface area contributed by atoms with Crippen molar-refractivity contribution in [2.24, 2.45) is 4.99 Å². The maximum Gasteiger partial charge on any atom is 0.291 e. The van der Waals surface area contributed by atoms with E-state index >= 15 is 0 Å². The average Bonchev–Trinajstić information content (AvgIpc) is 2.63. The smallest absolute Gasteiger partial charge is 0.291 e. The Kier molecular flexibility index (Phi) is 11.0. The molecular formula is C20H33ClN3O2+. The Balaban J connectivity index is 2.67. The number of nitrogens with one attached hydrogen (secondary N) is 2. The van der Waals surface area contributed by atoms with Gasteiger partial charge in [-0.1, -0.05) is 30.7 Å². The molecule has 0 spiro atoms. The number of ether oxygens (including phenoxy) is 1. The Morgan fingerprint density at radius 3 is 2.58 bits per heavy atom. The Morgan fingerprint density at radius 1 is 1.27 bits per heavy atom. The van der Waals surface area contributed by atoms with Crippen LogP contribution in [0.3, 0.4) is 0 Å². The normalized spacial score (nSPS) is 12.9. The number of hydrogen-bond donors (Lipinski definition) is 2. The largest absolute Gasteiger partial charge is 0.465 e. The molecule has 26 heavy (non-hydrogen) atoms. The molecule has 1 rings (SSSR count). The third kappa shape index (κ3) is 8.19. The summed E-state index contributed by atoms with van der Waals surface area (Å²) in [6.07, 6.45) is 2.91. The maximum atomic E-state index is 12.4. The quantitative estimate of drug-likeness (QED) is 0.483. The Morgan fingerprint density at radius 2 is 1.96 bits per heavy atom. The van der Waals surface area contributed by atoms with Crippen molar-refractivity contribution >= 4 is 23.5 Å². The average molecular weight is 383 g/mol. The summed E-state index contributed by atoms with van der Waals surface area (Å²) in [5, 5.41) is 3.17. The van der Waals surface area contributed by atoms with E-state index in [-0.39, 0.29) is 18.0 Å². The summed E-state index contributed by atoms with van der Waals surface area (Å²) in [5.41, 5.74) is 0.416. The zero-order valence-electron chi connectivity index (χ0n) is 16.5. The number of nitrogens with zero attached hydrogens (tertiary/aromatic N) is 1. The van der Waals surface area contributed by atoms with Gasteiger partial charge in [0.2, 0.25) is 0 Å². The highest BCUT2D eigenvalue weighted by Gasteiger charge is 2.14. The van der Waals surface area contributed by atoms with Crippen LogP contribution in [0.5, 0.6) is 0 Å². The number of benzene rings is 1. The Labute approximate surface area is 162 Å². The van der Waals surface area contributed by atoms with Crippen molar-refractivity contribution in [2.45, 2.75) is 53.0 Å². The zero-order chi connectivity index (χ0) is 19.4. The van der Waals surface area contributed by atoms with Gasteiger partial charge < -0.3 is 9.64 Å². The van der Waals surface area contributed by atoms with Crippen molar-refractivity contribution in [2.75, 3.05) is 26.2 Å². The molecule has 0 bridgehead atoms. The van der Waals surface area contributed by atoms with Crippen molar-refractivity contribution in [3.63, 3.8) is 0 Å². The van der Waals surface area contributed by atoms with Crippen molar-refractivity contribution in [3.05, 3.63) is 34.9 Å². The summed E-state index contributed by atoms with van der Waals surface area (Å²) in [5.74, 6) is -0.301. The molecule has 0 unspecified atom stereocenters. The van der Waals surface area contributed by atoms with Crippen LogP contribution in [0, 0.1) is 0 Å². The minimum Gasteiger partial charge on any atom is -0.465 e. The lowest BCUT2D eigenvalue weighted by atomic mass is 10.2. The summed E-state index contributed by atoms with van der Waals surface area (Å²) in [6.45, 7) is 12.4. The lowest BCUT2D eigenvalue weighted by Gasteiger charge is -2.16. The van der Waals surface area contributed by atoms with E-state index in [4.69, 9.17) is 16.3 Å². The van der Waals surface area contributed by atoms with E-state index in [0.717, 1.165) is 38.9 Å². The van der Waals surface area contributed by atoms with Gasteiger partial charge in [-0.05, 0) is 52.2 Å². The molecule has 1 aromatic carbocycles. The first-order valence-corrected chi connectivity index (χ1v) is 9.99. The van der Waals surface area contributed by atoms with E-state index in [9.17, 15) is 4.79 Å². The fourth-order valence-corrected chi connectivity index (χ4v) is 2.85. The second-order valence-corrected chi connectivity index (χ2v) is 6.82. The SMILES string of the molecule is CCCOC(=N[C@H](C)CCC[NH+](CC)CC)NC(=O)c1ccccc1Cl. The highest BCUT2D eigenvalue weighted by molar-refractivity contribution is 6.34. The Hall–Kier alpha value is -1.59. The van der Waals surface area contributed by atoms with Crippen LogP contribution >= 0.6 is 11.6 Å². The van der Waals surface area contributed by atoms with Gasteiger partial charge in [-0.25, -0.2) is 4.99 Å². The molecule has 0 aliphatic carbocycles. The number of amides is 1. The van der Waals surface area contributed by atoms with Crippen LogP contribution < -0.4 is 10.2 Å². The van der Waals surface area contributed by atoms with Crippen molar-refractivity contribution < 1.29 is 14.4 Å². The van der Waals surface area contributed by atoms with Crippen LogP contribution in [0.4, 0.5) is 0 Å². The number of aliphatic imine (C=N–C) groups is 1. The molecule has 0 fully saturated rings. The molecule has 0 aromatic heterocycles. The van der Waals surface area contributed by atoms with Gasteiger partial charge in [-0.3, -0.25) is 10.1 Å². The molecule has 5 nitrogen and oxygen atoms in total. The van der Waals surface area contributed by atoms with Gasteiger partial charge >= 0.3 is 0 Å². The van der Waals surface area contributed by atoms with Crippen LogP contribution in [0.2, 0.25) is 5.02 Å². The van der Waals surface area contributed by atoms with Crippen molar-refractivity contribution in [1.29, 1.82) is 0 Å². The van der Waals surface area contributed by atoms with Crippen LogP contribution in [0.15, 0.2) is 29.3 Å². The zero-order valence-corrected chi connectivity index (χ0v) is 17.2. The number of quaternary nitrogens is 1. The summed E-state index contributed by atoms with van der Waals surface area (Å²) < 4.78 is 5.63. The summed E-state index contributed by atoms with van der Waals surface area (Å²) >= 11 is 6.09. The molecule has 6 heteroatoms. The number of hydrogen-bond acceptors (Lipinski definition) is 3. The first-order valence-electron chi connectivity index (χ1n) is 9.61. The predicted octanol–water partition coefficient (Wildman–Crippen LogP) is 2.95. The molecule has 2 N–H and O–H groups in total. The molecule has 0 aliphatic rings. The van der Waals surface area contributed by atoms with E-state index < -0.39 is 0 Å². The molecule has 0 saturated carbocycles. The van der Waals surface area contributed by atoms with E-state index in [1.807, 2.05) is 6.92 Å². The van der Waals surface area contributed by atoms with Gasteiger partial charge in [0.1, 0.15) is 0 Å². The number of carbonyl (C=O) groups excluding carboxylic acids is 1. The third-order valence-electron chi connectivity index (χ3n) is 4.27. The van der Waals surface area contributed by atoms with Gasteiger partial charge in [0.15, 0.2) is 0 Å². The van der Waals surface area contributed by atoms with E-state index in [0.29, 0.717) is 17.2 Å². The van der Waals surface area contributed by atoms with Crippen molar-refractivity contribution in [1.82, 2.24) is 5.32 Å². The Bertz CT molecular complexity index is 574. The standard InChI is InChI=1S/C20H32ClN3O2/c1-5-15-26-20(22-16(4)11-10-14-24(6-2)7-3)23-19(25)17-12-8-9-13-18(17)21/h8-9,12-13,16H,5-7,10-11,14-15H2,1-4H3,(H,22,23,25)/p+1/t16-/m1/s1. The van der Waals surface area contributed by atoms with Crippen LogP contribution in [-0.4, -0.2) is 44.2 Å². The summed E-state index contributed by atoms with van der Waals surface area (Å²) in [4.78, 5) is 18.6. The topological polar surface area (TPSA) is 55.1 Å². The summed E-state index contributed by atoms with van der Waals surface area (Å²) in [7, 11) is 0. The first kappa shape index (κ1) is 22.5. The molecule has 146 valence electrons. The minimum absolute atomic E-state index is 0.0864. The summed E-state index contributed by atoms with van der Waals surface area (Å²) in [6, 6.07) is 7.32. The molecule has 0 saturated heterocycles. The van der Waals surface area contributed by atoms with Crippen LogP contribution in [0.25, 0.3) is 0 Å². The van der Waals surface area contributed by atoms with E-state index in [1.54, 1.807) is 29.2 Å². The number of halogens is 1. The monoisotopic (exact) mass is 382 g/mol. The molecular weight excluding hydrogens is 350 g/mol. The second-order valence-electron chi connectivity index (χ2n) is 6.42. The minimum atomic E-state index is -0.301. The molecule has 0 aliphatic heterocycles. The number of carbonyl (C=O) groups is 1. The molecule has 1 amide bonds. The molecule has 0 heterocycles. The number of amidine groups is 1. The number of rotatable bonds is 10. The molecule has 0 radical (unpaired) electrons. The second kappa shape index (κ2) is 12.7. The van der Waals surface area contributed by atoms with Gasteiger partial charge in [0, 0.05) is 0 Å². The van der Waals surface area contributed by atoms with Crippen LogP contribution in [0.1, 0.15) is 57.3 Å². The molecule has 1 aromatic rings. The maximum absolute atomic E-state index is 12.4. The third-order valence-corrected chi connectivity index (χ3v) is 4.60. The van der Waals surface area contributed by atoms with Crippen molar-refractivity contribution in [3.8, 4) is 0 Å². The van der Waals surface area contributed by atoms with Gasteiger partial charge in [-0.15, -0.1) is 0 Å². The van der Waals surface area contributed by atoms with Gasteiger partial charge in [0.25, 0.3) is 11.9 Å². The lowest BCUT2D eigenvalue weighted by Crippen LogP contribution is -3.11. The van der Waals surface area contributed by atoms with Gasteiger partial charge in [-0.2, -0.15) is 0 Å². The first-order chi connectivity index (χ1) is 12.5. The lowest BCUT2D eigenvalue weighted by molar-refractivity contribution is -0.896. The molecule has 1 atom stereocenters. The highest BCUT2D eigenvalue weighted by Crippen LogP contribution is 2.14. The highest BCUT2D eigenvalue weighted by atomic mass is 35.5. The van der Waals surface area contributed by atoms with Crippen LogP contribution in [-0.2, 0) is 4.74 Å². The van der Waals surface area contributed by atoms with E-state index in [1.165, 1.54) is 0 Å². The fourth-order valence-electron chi connectivity index (χ4n) is 2.63. The fraction of sp³-hybridized carbons (Fsp3) is 0.600. The van der Waals surface area contributed by atoms with Gasteiger partial charge in [0.05, 0.1) is 42.9 Å². The predicted molar refractivity (Wildman–Crippen MR) is 108 cm³/mol.